The maximum absolute atomic E-state index is 12.5. The Morgan fingerprint density at radius 1 is 1.36 bits per heavy atom. The smallest absolute Gasteiger partial charge is 0.337 e. The molecular weight excluding hydrogens is 360 g/mol. The van der Waals surface area contributed by atoms with E-state index in [2.05, 4.69) is 12.9 Å². The second-order valence-corrected chi connectivity index (χ2v) is 8.05. The number of carboxylic acids is 1. The molecular formula is C18H18O5S2. The van der Waals surface area contributed by atoms with Gasteiger partial charge in [0.2, 0.25) is 0 Å². The molecule has 1 aromatic heterocycles. The van der Waals surface area contributed by atoms with Gasteiger partial charge < -0.3 is 14.4 Å². The zero-order valence-electron chi connectivity index (χ0n) is 13.8. The number of hydrogen-bond donors (Lipinski definition) is 3. The summed E-state index contributed by atoms with van der Waals surface area (Å²) in [6, 6.07) is 7.22. The van der Waals surface area contributed by atoms with Gasteiger partial charge >= 0.3 is 5.97 Å². The normalized spacial score (nSPS) is 18.9. The quantitative estimate of drug-likeness (QED) is 0.551. The summed E-state index contributed by atoms with van der Waals surface area (Å²) >= 11 is 4.90. The lowest BCUT2D eigenvalue weighted by molar-refractivity contribution is 0.0313. The number of rotatable bonds is 4. The Kier molecular flexibility index (Phi) is 4.76. The molecule has 3 rings (SSSR count). The van der Waals surface area contributed by atoms with E-state index in [0.29, 0.717) is 15.3 Å². The number of thiol groups is 1. The van der Waals surface area contributed by atoms with E-state index in [0.717, 1.165) is 16.9 Å². The first-order valence-corrected chi connectivity index (χ1v) is 8.92. The van der Waals surface area contributed by atoms with Gasteiger partial charge in [0, 0.05) is 17.4 Å². The highest BCUT2D eigenvalue weighted by molar-refractivity contribution is 7.75. The molecule has 2 N–H and O–H groups in total. The van der Waals surface area contributed by atoms with Crippen LogP contribution in [-0.2, 0) is 10.8 Å². The summed E-state index contributed by atoms with van der Waals surface area (Å²) in [6.07, 6.45) is -0.828. The third-order valence-electron chi connectivity index (χ3n) is 4.52. The van der Waals surface area contributed by atoms with E-state index in [1.807, 2.05) is 12.1 Å². The summed E-state index contributed by atoms with van der Waals surface area (Å²) in [7, 11) is 0. The molecule has 1 unspecified atom stereocenters. The van der Waals surface area contributed by atoms with Crippen molar-refractivity contribution in [3.8, 4) is 10.4 Å². The van der Waals surface area contributed by atoms with Crippen LogP contribution in [0.2, 0.25) is 0 Å². The molecule has 0 aliphatic heterocycles. The molecule has 0 spiro atoms. The summed E-state index contributed by atoms with van der Waals surface area (Å²) in [4.78, 5) is 25.3. The summed E-state index contributed by atoms with van der Waals surface area (Å²) in [6.45, 7) is 3.73. The van der Waals surface area contributed by atoms with Crippen LogP contribution < -0.4 is 0 Å². The number of thiophene rings is 1. The van der Waals surface area contributed by atoms with Crippen LogP contribution in [0.5, 0.6) is 0 Å². The number of Topliss-reactive ketones (excluding diaryl/α,β-unsaturated/α-hetero) is 1. The fourth-order valence-electron chi connectivity index (χ4n) is 3.23. The van der Waals surface area contributed by atoms with Gasteiger partial charge in [-0.15, -0.1) is 11.3 Å². The van der Waals surface area contributed by atoms with Crippen molar-refractivity contribution in [1.82, 2.24) is 0 Å². The number of aliphatic hydroxyl groups excluding tert-OH is 1. The van der Waals surface area contributed by atoms with E-state index in [1.165, 1.54) is 0 Å². The summed E-state index contributed by atoms with van der Waals surface area (Å²) in [5, 5.41) is 20.5. The maximum Gasteiger partial charge on any atom is 0.337 e. The van der Waals surface area contributed by atoms with Crippen LogP contribution in [0.1, 0.15) is 57.5 Å². The minimum absolute atomic E-state index is 0.000222. The monoisotopic (exact) mass is 378 g/mol. The third kappa shape index (κ3) is 3.01. The second-order valence-electron chi connectivity index (χ2n) is 6.78. The molecule has 1 aliphatic carbocycles. The maximum atomic E-state index is 12.5. The largest absolute Gasteiger partial charge is 0.478 e. The first kappa shape index (κ1) is 18.1. The summed E-state index contributed by atoms with van der Waals surface area (Å²) in [5.41, 5.74) is 0.960. The molecule has 0 radical (unpaired) electrons. The predicted molar refractivity (Wildman–Crippen MR) is 98.2 cm³/mol. The average Bonchev–Trinajstić information content (AvgIpc) is 2.94. The molecule has 1 aromatic carbocycles. The number of aliphatic hydroxyl groups is 1. The molecule has 0 bridgehead atoms. The number of hydrogen-bond acceptors (Lipinski definition) is 6. The first-order chi connectivity index (χ1) is 11.8. The lowest BCUT2D eigenvalue weighted by atomic mass is 9.72. The number of fused-ring (bicyclic) bond motifs is 1. The van der Waals surface area contributed by atoms with Crippen LogP contribution in [0, 0.1) is 5.41 Å². The molecule has 5 nitrogen and oxygen atoms in total. The molecule has 2 aromatic rings. The van der Waals surface area contributed by atoms with Crippen molar-refractivity contribution < 1.29 is 24.0 Å². The fraction of sp³-hybridized carbons (Fsp3) is 0.333. The highest BCUT2D eigenvalue weighted by Crippen LogP contribution is 2.51. The van der Waals surface area contributed by atoms with Crippen molar-refractivity contribution in [3.05, 3.63) is 45.8 Å². The van der Waals surface area contributed by atoms with E-state index in [9.17, 15) is 19.8 Å². The molecule has 1 aliphatic rings. The van der Waals surface area contributed by atoms with Crippen LogP contribution in [0.25, 0.3) is 10.4 Å². The second kappa shape index (κ2) is 6.57. The number of aromatic carboxylic acids is 1. The van der Waals surface area contributed by atoms with E-state index >= 15 is 0 Å². The third-order valence-corrected chi connectivity index (χ3v) is 5.93. The Bertz CT molecular complexity index is 853. The Balaban J connectivity index is 2.30. The number of carboxylic acid groups (broad SMARTS) is 1. The zero-order valence-corrected chi connectivity index (χ0v) is 15.5. The van der Waals surface area contributed by atoms with Gasteiger partial charge in [-0.05, 0) is 24.0 Å². The van der Waals surface area contributed by atoms with Crippen molar-refractivity contribution >= 4 is 36.0 Å². The topological polar surface area (TPSA) is 83.8 Å². The van der Waals surface area contributed by atoms with Crippen molar-refractivity contribution in [3.63, 3.8) is 0 Å². The minimum atomic E-state index is -1.15. The Labute approximate surface area is 154 Å². The van der Waals surface area contributed by atoms with Crippen molar-refractivity contribution in [2.45, 2.75) is 33.0 Å². The molecule has 7 heteroatoms. The molecule has 0 fully saturated rings. The number of benzene rings is 1. The van der Waals surface area contributed by atoms with E-state index in [1.54, 1.807) is 26.0 Å². The van der Waals surface area contributed by atoms with Crippen LogP contribution in [0.4, 0.5) is 0 Å². The molecule has 0 amide bonds. The Hall–Kier alpha value is -1.67. The zero-order chi connectivity index (χ0) is 18.4. The summed E-state index contributed by atoms with van der Waals surface area (Å²) < 4.78 is 4.90. The first-order valence-electron chi connectivity index (χ1n) is 7.73. The van der Waals surface area contributed by atoms with Crippen molar-refractivity contribution in [2.75, 3.05) is 0 Å². The van der Waals surface area contributed by atoms with Gasteiger partial charge in [-0.1, -0.05) is 38.1 Å². The Morgan fingerprint density at radius 2 is 2.04 bits per heavy atom. The van der Waals surface area contributed by atoms with Gasteiger partial charge in [0.1, 0.15) is 0 Å². The van der Waals surface area contributed by atoms with Crippen molar-refractivity contribution in [2.24, 2.45) is 5.41 Å². The lowest BCUT2D eigenvalue weighted by Gasteiger charge is -2.34. The van der Waals surface area contributed by atoms with Gasteiger partial charge in [0.25, 0.3) is 0 Å². The molecule has 25 heavy (non-hydrogen) atoms. The van der Waals surface area contributed by atoms with Gasteiger partial charge in [-0.2, -0.15) is 0 Å². The van der Waals surface area contributed by atoms with Crippen LogP contribution in [0.3, 0.4) is 0 Å². The Morgan fingerprint density at radius 3 is 2.68 bits per heavy atom. The van der Waals surface area contributed by atoms with Crippen LogP contribution in [-0.4, -0.2) is 22.0 Å². The summed E-state index contributed by atoms with van der Waals surface area (Å²) in [5.74, 6) is -1.29. The highest BCUT2D eigenvalue weighted by atomic mass is 32.1. The molecule has 0 saturated carbocycles. The molecule has 1 atom stereocenters. The fourth-order valence-corrected chi connectivity index (χ4v) is 4.69. The van der Waals surface area contributed by atoms with Crippen LogP contribution >= 0.6 is 24.2 Å². The van der Waals surface area contributed by atoms with Gasteiger partial charge in [-0.3, -0.25) is 4.79 Å². The molecule has 0 saturated heterocycles. The predicted octanol–water partition coefficient (Wildman–Crippen LogP) is 4.12. The van der Waals surface area contributed by atoms with Crippen LogP contribution in [0.15, 0.2) is 24.3 Å². The number of carbonyl (C=O) groups is 2. The number of ketones is 1. The standard InChI is InChI=1S/C18H18O5S2/c1-18(2)7-11(19)15-12(16(18)20)13(17(21)22)14(25-15)10-6-4-3-5-9(10)8-23-24/h3-6,16,20,24H,7-8H2,1-2H3,(H,21,22). The molecule has 132 valence electrons. The van der Waals surface area contributed by atoms with E-state index in [-0.39, 0.29) is 29.9 Å². The number of carbonyl (C=O) groups excluding carboxylic acids is 1. The average molecular weight is 378 g/mol. The van der Waals surface area contributed by atoms with Crippen molar-refractivity contribution in [1.29, 1.82) is 0 Å². The van der Waals surface area contributed by atoms with Gasteiger partial charge in [-0.25, -0.2) is 4.79 Å². The van der Waals surface area contributed by atoms with E-state index < -0.39 is 17.5 Å². The molecule has 1 heterocycles. The van der Waals surface area contributed by atoms with Gasteiger partial charge in [0.05, 0.1) is 28.0 Å². The minimum Gasteiger partial charge on any atom is -0.478 e. The lowest BCUT2D eigenvalue weighted by Crippen LogP contribution is -2.31. The van der Waals surface area contributed by atoms with Gasteiger partial charge in [0.15, 0.2) is 5.78 Å². The van der Waals surface area contributed by atoms with E-state index in [4.69, 9.17) is 4.18 Å². The SMILES string of the molecule is CC1(C)CC(=O)c2sc(-c3ccccc3COS)c(C(=O)O)c2C1O. The highest BCUT2D eigenvalue weighted by Gasteiger charge is 2.44.